The molecule has 0 saturated carbocycles. The van der Waals surface area contributed by atoms with Crippen molar-refractivity contribution in [2.45, 2.75) is 57.0 Å². The van der Waals surface area contributed by atoms with Gasteiger partial charge in [-0.05, 0) is 55.4 Å². The van der Waals surface area contributed by atoms with Crippen LogP contribution < -0.4 is 4.74 Å². The van der Waals surface area contributed by atoms with E-state index in [1.165, 1.54) is 11.1 Å². The topological polar surface area (TPSA) is 59.1 Å². The van der Waals surface area contributed by atoms with Crippen molar-refractivity contribution < 1.29 is 19.1 Å². The minimum absolute atomic E-state index is 0.155. The SMILES string of the molecule is COc1ccc2c(c1)CCOC21CCN(C(=O)CCN2CCCCCC2=O)CC1. The molecule has 1 aromatic carbocycles. The van der Waals surface area contributed by atoms with Crippen LogP contribution in [0.4, 0.5) is 0 Å². The molecular weight excluding hydrogens is 368 g/mol. The molecule has 6 nitrogen and oxygen atoms in total. The van der Waals surface area contributed by atoms with Crippen LogP contribution >= 0.6 is 0 Å². The number of rotatable bonds is 4. The summed E-state index contributed by atoms with van der Waals surface area (Å²) < 4.78 is 11.7. The predicted octanol–water partition coefficient (Wildman–Crippen LogP) is 2.88. The molecule has 2 saturated heterocycles. The lowest BCUT2D eigenvalue weighted by Gasteiger charge is -2.45. The molecule has 1 aromatic rings. The minimum atomic E-state index is -0.280. The van der Waals surface area contributed by atoms with E-state index >= 15 is 0 Å². The summed E-state index contributed by atoms with van der Waals surface area (Å²) in [7, 11) is 1.69. The van der Waals surface area contributed by atoms with Gasteiger partial charge in [0.05, 0.1) is 19.3 Å². The highest BCUT2D eigenvalue weighted by atomic mass is 16.5. The molecule has 4 rings (SSSR count). The first-order valence-electron chi connectivity index (χ1n) is 11.0. The van der Waals surface area contributed by atoms with Crippen LogP contribution in [0, 0.1) is 0 Å². The zero-order chi connectivity index (χ0) is 20.3. The van der Waals surface area contributed by atoms with Crippen LogP contribution in [0.2, 0.25) is 0 Å². The largest absolute Gasteiger partial charge is 0.497 e. The van der Waals surface area contributed by atoms with Crippen LogP contribution in [0.1, 0.15) is 56.1 Å². The van der Waals surface area contributed by atoms with Gasteiger partial charge in [0.25, 0.3) is 0 Å². The smallest absolute Gasteiger partial charge is 0.224 e. The zero-order valence-electron chi connectivity index (χ0n) is 17.5. The number of piperidine rings is 1. The van der Waals surface area contributed by atoms with E-state index in [4.69, 9.17) is 9.47 Å². The first-order chi connectivity index (χ1) is 14.1. The highest BCUT2D eigenvalue weighted by Crippen LogP contribution is 2.42. The predicted molar refractivity (Wildman–Crippen MR) is 110 cm³/mol. The lowest BCUT2D eigenvalue weighted by Crippen LogP contribution is -2.48. The fourth-order valence-corrected chi connectivity index (χ4v) is 4.98. The molecule has 0 radical (unpaired) electrons. The van der Waals surface area contributed by atoms with Crippen LogP contribution in [0.3, 0.4) is 0 Å². The first kappa shape index (κ1) is 20.2. The Bertz CT molecular complexity index is 755. The van der Waals surface area contributed by atoms with Crippen molar-refractivity contribution in [3.05, 3.63) is 29.3 Å². The van der Waals surface area contributed by atoms with Gasteiger partial charge >= 0.3 is 0 Å². The Kier molecular flexibility index (Phi) is 6.09. The van der Waals surface area contributed by atoms with E-state index in [1.807, 2.05) is 15.9 Å². The molecule has 3 heterocycles. The number of likely N-dealkylation sites (tertiary alicyclic amines) is 2. The van der Waals surface area contributed by atoms with Gasteiger partial charge in [-0.25, -0.2) is 0 Å². The van der Waals surface area contributed by atoms with E-state index < -0.39 is 0 Å². The van der Waals surface area contributed by atoms with Gasteiger partial charge in [0.1, 0.15) is 5.75 Å². The lowest BCUT2D eigenvalue weighted by atomic mass is 9.79. The van der Waals surface area contributed by atoms with E-state index in [0.29, 0.717) is 39.1 Å². The van der Waals surface area contributed by atoms with Crippen molar-refractivity contribution in [2.24, 2.45) is 0 Å². The number of fused-ring (bicyclic) bond motifs is 2. The summed E-state index contributed by atoms with van der Waals surface area (Å²) in [6.07, 6.45) is 6.73. The molecule has 29 heavy (non-hydrogen) atoms. The maximum Gasteiger partial charge on any atom is 0.224 e. The van der Waals surface area contributed by atoms with Gasteiger partial charge in [-0.2, -0.15) is 0 Å². The third kappa shape index (κ3) is 4.27. The summed E-state index contributed by atoms with van der Waals surface area (Å²) in [5.74, 6) is 1.25. The summed E-state index contributed by atoms with van der Waals surface area (Å²) in [4.78, 5) is 28.7. The Morgan fingerprint density at radius 1 is 1.14 bits per heavy atom. The molecule has 158 valence electrons. The summed E-state index contributed by atoms with van der Waals surface area (Å²) in [6.45, 7) is 3.48. The van der Waals surface area contributed by atoms with E-state index in [1.54, 1.807) is 7.11 Å². The molecule has 0 aliphatic carbocycles. The Morgan fingerprint density at radius 3 is 2.76 bits per heavy atom. The Morgan fingerprint density at radius 2 is 1.97 bits per heavy atom. The van der Waals surface area contributed by atoms with Gasteiger partial charge < -0.3 is 19.3 Å². The van der Waals surface area contributed by atoms with E-state index in [0.717, 1.165) is 50.8 Å². The molecule has 3 aliphatic rings. The zero-order valence-corrected chi connectivity index (χ0v) is 17.5. The second-order valence-electron chi connectivity index (χ2n) is 8.44. The second kappa shape index (κ2) is 8.74. The number of hydrogen-bond donors (Lipinski definition) is 0. The third-order valence-electron chi connectivity index (χ3n) is 6.74. The number of carbonyl (C=O) groups excluding carboxylic acids is 2. The van der Waals surface area contributed by atoms with Crippen LogP contribution in [-0.2, 0) is 26.3 Å². The summed E-state index contributed by atoms with van der Waals surface area (Å²) in [5, 5.41) is 0. The van der Waals surface area contributed by atoms with Crippen LogP contribution in [-0.4, -0.2) is 61.5 Å². The molecule has 1 spiro atoms. The Balaban J connectivity index is 1.35. The summed E-state index contributed by atoms with van der Waals surface area (Å²) in [5.41, 5.74) is 2.28. The van der Waals surface area contributed by atoms with Gasteiger partial charge in [-0.15, -0.1) is 0 Å². The van der Waals surface area contributed by atoms with Crippen LogP contribution in [0.5, 0.6) is 5.75 Å². The number of hydrogen-bond acceptors (Lipinski definition) is 4. The van der Waals surface area contributed by atoms with Crippen molar-refractivity contribution in [2.75, 3.05) is 39.9 Å². The number of ether oxygens (including phenoxy) is 2. The fraction of sp³-hybridized carbons (Fsp3) is 0.652. The number of methoxy groups -OCH3 is 1. The highest BCUT2D eigenvalue weighted by molar-refractivity contribution is 5.79. The molecule has 0 atom stereocenters. The molecule has 6 heteroatoms. The molecule has 2 fully saturated rings. The number of carbonyl (C=O) groups is 2. The second-order valence-corrected chi connectivity index (χ2v) is 8.44. The standard InChI is InChI=1S/C23H32N2O4/c1-28-19-6-7-20-18(17-19)9-16-29-23(20)10-14-25(15-11-23)22(27)8-13-24-12-4-2-3-5-21(24)26/h6-7,17H,2-5,8-16H2,1H3. The quantitative estimate of drug-likeness (QED) is 0.780. The third-order valence-corrected chi connectivity index (χ3v) is 6.74. The summed E-state index contributed by atoms with van der Waals surface area (Å²) >= 11 is 0. The molecule has 0 bridgehead atoms. The first-order valence-corrected chi connectivity index (χ1v) is 11.0. The lowest BCUT2D eigenvalue weighted by molar-refractivity contribution is -0.141. The van der Waals surface area contributed by atoms with E-state index in [9.17, 15) is 9.59 Å². The average molecular weight is 401 g/mol. The highest BCUT2D eigenvalue weighted by Gasteiger charge is 2.41. The normalized spacial score (nSPS) is 21.6. The minimum Gasteiger partial charge on any atom is -0.497 e. The van der Waals surface area contributed by atoms with Gasteiger partial charge in [0.15, 0.2) is 0 Å². The molecule has 2 amide bonds. The average Bonchev–Trinajstić information content (AvgIpc) is 2.96. The molecule has 0 N–H and O–H groups in total. The van der Waals surface area contributed by atoms with Gasteiger partial charge in [-0.1, -0.05) is 12.5 Å². The number of amides is 2. The van der Waals surface area contributed by atoms with Gasteiger partial charge in [0, 0.05) is 39.0 Å². The van der Waals surface area contributed by atoms with E-state index in [-0.39, 0.29) is 17.4 Å². The van der Waals surface area contributed by atoms with Crippen molar-refractivity contribution in [3.8, 4) is 5.75 Å². The monoisotopic (exact) mass is 400 g/mol. The van der Waals surface area contributed by atoms with Crippen molar-refractivity contribution in [1.82, 2.24) is 9.80 Å². The Hall–Kier alpha value is -2.08. The van der Waals surface area contributed by atoms with Crippen LogP contribution in [0.25, 0.3) is 0 Å². The maximum atomic E-state index is 12.8. The number of nitrogens with zero attached hydrogens (tertiary/aromatic N) is 2. The molecule has 3 aliphatic heterocycles. The van der Waals surface area contributed by atoms with Crippen LogP contribution in [0.15, 0.2) is 18.2 Å². The Labute approximate surface area is 173 Å². The molecule has 0 unspecified atom stereocenters. The van der Waals surface area contributed by atoms with Crippen molar-refractivity contribution >= 4 is 11.8 Å². The van der Waals surface area contributed by atoms with Crippen molar-refractivity contribution in [1.29, 1.82) is 0 Å². The molecular formula is C23H32N2O4. The van der Waals surface area contributed by atoms with Gasteiger partial charge in [0.2, 0.25) is 11.8 Å². The van der Waals surface area contributed by atoms with Gasteiger partial charge in [-0.3, -0.25) is 9.59 Å². The van der Waals surface area contributed by atoms with Crippen molar-refractivity contribution in [3.63, 3.8) is 0 Å². The van der Waals surface area contributed by atoms with E-state index in [2.05, 4.69) is 12.1 Å². The summed E-state index contributed by atoms with van der Waals surface area (Å²) in [6, 6.07) is 6.26. The maximum absolute atomic E-state index is 12.8. The number of benzene rings is 1. The molecule has 0 aromatic heterocycles. The fourth-order valence-electron chi connectivity index (χ4n) is 4.98.